The first-order valence-corrected chi connectivity index (χ1v) is 6.68. The molecular formula is C14H24N4O2. The van der Waals surface area contributed by atoms with Crippen molar-refractivity contribution in [3.8, 4) is 0 Å². The van der Waals surface area contributed by atoms with E-state index < -0.39 is 5.60 Å². The number of carbonyl (C=O) groups is 1. The van der Waals surface area contributed by atoms with Gasteiger partial charge >= 0.3 is 6.09 Å². The molecule has 20 heavy (non-hydrogen) atoms. The molecule has 0 aliphatic carbocycles. The lowest BCUT2D eigenvalue weighted by atomic mass is 10.2. The number of carbonyl (C=O) groups excluding carboxylic acids is 1. The third kappa shape index (κ3) is 5.77. The highest BCUT2D eigenvalue weighted by molar-refractivity contribution is 5.67. The van der Waals surface area contributed by atoms with E-state index in [1.165, 1.54) is 0 Å². The van der Waals surface area contributed by atoms with Crippen LogP contribution in [0.4, 0.5) is 16.3 Å². The number of nitrogens with one attached hydrogen (secondary N) is 1. The van der Waals surface area contributed by atoms with Crippen LogP contribution in [0.5, 0.6) is 0 Å². The number of nitrogens with zero attached hydrogens (tertiary/aromatic N) is 2. The number of nitrogens with two attached hydrogens (primary N) is 1. The maximum absolute atomic E-state index is 11.7. The molecule has 0 atom stereocenters. The number of amides is 1. The number of hydrogen-bond acceptors (Lipinski definition) is 5. The van der Waals surface area contributed by atoms with Crippen LogP contribution < -0.4 is 11.1 Å². The van der Waals surface area contributed by atoms with Crippen molar-refractivity contribution in [1.82, 2.24) is 9.88 Å². The van der Waals surface area contributed by atoms with Crippen molar-refractivity contribution < 1.29 is 9.53 Å². The molecule has 0 saturated carbocycles. The Morgan fingerprint density at radius 2 is 2.20 bits per heavy atom. The van der Waals surface area contributed by atoms with Crippen LogP contribution in [-0.2, 0) is 4.74 Å². The van der Waals surface area contributed by atoms with Crippen LogP contribution in [0, 0.1) is 0 Å². The highest BCUT2D eigenvalue weighted by Gasteiger charge is 2.18. The summed E-state index contributed by atoms with van der Waals surface area (Å²) in [6, 6.07) is 3.70. The minimum Gasteiger partial charge on any atom is -0.444 e. The summed E-state index contributed by atoms with van der Waals surface area (Å²) in [6.07, 6.45) is 2.14. The minimum absolute atomic E-state index is 0.307. The van der Waals surface area contributed by atoms with Gasteiger partial charge in [-0.3, -0.25) is 0 Å². The van der Waals surface area contributed by atoms with E-state index in [-0.39, 0.29) is 6.09 Å². The van der Waals surface area contributed by atoms with Gasteiger partial charge in [0, 0.05) is 26.3 Å². The van der Waals surface area contributed by atoms with Gasteiger partial charge < -0.3 is 20.7 Å². The number of hydrogen-bond donors (Lipinski definition) is 2. The molecule has 112 valence electrons. The van der Waals surface area contributed by atoms with Gasteiger partial charge in [-0.15, -0.1) is 0 Å². The number of ether oxygens (including phenoxy) is 1. The maximum atomic E-state index is 11.7. The van der Waals surface area contributed by atoms with E-state index in [4.69, 9.17) is 10.5 Å². The molecule has 0 bridgehead atoms. The van der Waals surface area contributed by atoms with Crippen molar-refractivity contribution in [2.75, 3.05) is 31.2 Å². The van der Waals surface area contributed by atoms with Gasteiger partial charge in [0.05, 0.1) is 5.69 Å². The van der Waals surface area contributed by atoms with Crippen molar-refractivity contribution in [3.05, 3.63) is 18.3 Å². The van der Waals surface area contributed by atoms with E-state index in [9.17, 15) is 4.79 Å². The second-order valence-corrected chi connectivity index (χ2v) is 5.62. The zero-order valence-corrected chi connectivity index (χ0v) is 12.6. The van der Waals surface area contributed by atoms with Crippen LogP contribution in [0.15, 0.2) is 18.3 Å². The summed E-state index contributed by atoms with van der Waals surface area (Å²) in [5.41, 5.74) is 6.07. The number of aromatic nitrogens is 1. The van der Waals surface area contributed by atoms with Crippen LogP contribution in [-0.4, -0.2) is 41.7 Å². The van der Waals surface area contributed by atoms with Gasteiger partial charge in [0.15, 0.2) is 0 Å². The lowest BCUT2D eigenvalue weighted by Crippen LogP contribution is -2.35. The Bertz CT molecular complexity index is 443. The molecule has 1 amide bonds. The standard InChI is InChI=1S/C14H24N4O2/c1-14(2,3)20-13(19)18(4)10-6-9-16-11-7-5-8-17-12(11)15/h5,7-8,16H,6,9-10H2,1-4H3,(H2,15,17). The average Bonchev–Trinajstić information content (AvgIpc) is 2.34. The Hall–Kier alpha value is -1.98. The monoisotopic (exact) mass is 280 g/mol. The number of rotatable bonds is 5. The molecule has 0 unspecified atom stereocenters. The predicted octanol–water partition coefficient (Wildman–Crippen LogP) is 2.33. The van der Waals surface area contributed by atoms with Crippen LogP contribution in [0.1, 0.15) is 27.2 Å². The lowest BCUT2D eigenvalue weighted by Gasteiger charge is -2.24. The summed E-state index contributed by atoms with van der Waals surface area (Å²) in [5.74, 6) is 0.480. The zero-order valence-electron chi connectivity index (χ0n) is 12.6. The first kappa shape index (κ1) is 16.1. The van der Waals surface area contributed by atoms with Gasteiger partial charge in [-0.05, 0) is 39.3 Å². The summed E-state index contributed by atoms with van der Waals surface area (Å²) < 4.78 is 5.27. The summed E-state index contributed by atoms with van der Waals surface area (Å²) in [4.78, 5) is 17.3. The highest BCUT2D eigenvalue weighted by Crippen LogP contribution is 2.13. The van der Waals surface area contributed by atoms with E-state index >= 15 is 0 Å². The summed E-state index contributed by atoms with van der Waals surface area (Å²) in [5, 5.41) is 3.19. The Balaban J connectivity index is 2.27. The fourth-order valence-electron chi connectivity index (χ4n) is 1.54. The SMILES string of the molecule is CN(CCCNc1cccnc1N)C(=O)OC(C)(C)C. The molecular weight excluding hydrogens is 256 g/mol. The molecule has 0 aliphatic heterocycles. The van der Waals surface area contributed by atoms with Crippen molar-refractivity contribution in [2.24, 2.45) is 0 Å². The average molecular weight is 280 g/mol. The fourth-order valence-corrected chi connectivity index (χ4v) is 1.54. The minimum atomic E-state index is -0.465. The number of anilines is 2. The quantitative estimate of drug-likeness (QED) is 0.809. The van der Waals surface area contributed by atoms with Gasteiger partial charge in [0.1, 0.15) is 11.4 Å². The summed E-state index contributed by atoms with van der Waals surface area (Å²) in [6.45, 7) is 6.88. The molecule has 0 fully saturated rings. The molecule has 0 spiro atoms. The first-order valence-electron chi connectivity index (χ1n) is 6.68. The summed E-state index contributed by atoms with van der Waals surface area (Å²) in [7, 11) is 1.73. The van der Waals surface area contributed by atoms with E-state index in [0.29, 0.717) is 18.9 Å². The molecule has 0 radical (unpaired) electrons. The number of pyridine rings is 1. The largest absolute Gasteiger partial charge is 0.444 e. The molecule has 3 N–H and O–H groups in total. The van der Waals surface area contributed by atoms with Crippen LogP contribution in [0.25, 0.3) is 0 Å². The van der Waals surface area contributed by atoms with E-state index in [2.05, 4.69) is 10.3 Å². The lowest BCUT2D eigenvalue weighted by molar-refractivity contribution is 0.0298. The van der Waals surface area contributed by atoms with Gasteiger partial charge in [-0.1, -0.05) is 0 Å². The third-order valence-electron chi connectivity index (χ3n) is 2.53. The van der Waals surface area contributed by atoms with Crippen molar-refractivity contribution in [1.29, 1.82) is 0 Å². The van der Waals surface area contributed by atoms with Crippen LogP contribution >= 0.6 is 0 Å². The molecule has 1 aromatic heterocycles. The number of nitrogen functional groups attached to an aromatic ring is 1. The summed E-state index contributed by atoms with van der Waals surface area (Å²) >= 11 is 0. The van der Waals surface area contributed by atoms with Crippen molar-refractivity contribution >= 4 is 17.6 Å². The molecule has 6 nitrogen and oxygen atoms in total. The Kier molecular flexibility index (Phi) is 5.61. The molecule has 0 saturated heterocycles. The third-order valence-corrected chi connectivity index (χ3v) is 2.53. The van der Waals surface area contributed by atoms with Crippen molar-refractivity contribution in [3.63, 3.8) is 0 Å². The van der Waals surface area contributed by atoms with Gasteiger partial charge in [0.25, 0.3) is 0 Å². The van der Waals surface area contributed by atoms with E-state index in [0.717, 1.165) is 12.1 Å². The first-order chi connectivity index (χ1) is 9.29. The van der Waals surface area contributed by atoms with Gasteiger partial charge in [-0.25, -0.2) is 9.78 Å². The van der Waals surface area contributed by atoms with Crippen molar-refractivity contribution in [2.45, 2.75) is 32.8 Å². The topological polar surface area (TPSA) is 80.5 Å². The van der Waals surface area contributed by atoms with Gasteiger partial charge in [0.2, 0.25) is 0 Å². The molecule has 0 aromatic carbocycles. The Morgan fingerprint density at radius 3 is 2.80 bits per heavy atom. The molecule has 0 aliphatic rings. The molecule has 1 aromatic rings. The zero-order chi connectivity index (χ0) is 15.2. The second-order valence-electron chi connectivity index (χ2n) is 5.62. The fraction of sp³-hybridized carbons (Fsp3) is 0.571. The Morgan fingerprint density at radius 1 is 1.50 bits per heavy atom. The van der Waals surface area contributed by atoms with Gasteiger partial charge in [-0.2, -0.15) is 0 Å². The highest BCUT2D eigenvalue weighted by atomic mass is 16.6. The predicted molar refractivity (Wildman–Crippen MR) is 80.6 cm³/mol. The Labute approximate surface area is 120 Å². The normalized spacial score (nSPS) is 11.0. The maximum Gasteiger partial charge on any atom is 0.410 e. The molecule has 1 heterocycles. The smallest absolute Gasteiger partial charge is 0.410 e. The second kappa shape index (κ2) is 6.98. The van der Waals surface area contributed by atoms with E-state index in [1.807, 2.05) is 32.9 Å². The van der Waals surface area contributed by atoms with Crippen LogP contribution in [0.3, 0.4) is 0 Å². The van der Waals surface area contributed by atoms with E-state index in [1.54, 1.807) is 18.1 Å². The molecule has 6 heteroatoms. The van der Waals surface area contributed by atoms with Crippen LogP contribution in [0.2, 0.25) is 0 Å². The molecule has 1 rings (SSSR count).